The second kappa shape index (κ2) is 12.3. The van der Waals surface area contributed by atoms with Crippen molar-refractivity contribution < 1.29 is 0 Å². The number of hydrogen-bond acceptors (Lipinski definition) is 6. The Morgan fingerprint density at radius 2 is 1.41 bits per heavy atom. The number of para-hydroxylation sites is 3. The monoisotopic (exact) mass is 569 g/mol. The van der Waals surface area contributed by atoms with Crippen molar-refractivity contribution in [2.75, 3.05) is 36.6 Å². The Hall–Kier alpha value is -2.51. The van der Waals surface area contributed by atoms with E-state index in [1.807, 2.05) is 35.3 Å². The molecule has 0 aromatic heterocycles. The predicted octanol–water partition coefficient (Wildman–Crippen LogP) is 9.78. The van der Waals surface area contributed by atoms with E-state index in [0.717, 1.165) is 12.6 Å². The van der Waals surface area contributed by atoms with Crippen LogP contribution in [0.2, 0.25) is 0 Å². The molecule has 0 radical (unpaired) electrons. The average Bonchev–Trinajstić information content (AvgIpc) is 2.99. The molecule has 1 saturated heterocycles. The molecule has 7 rings (SSSR count). The fourth-order valence-corrected chi connectivity index (χ4v) is 8.04. The zero-order valence-electron chi connectivity index (χ0n) is 22.6. The number of fused-ring (bicyclic) bond motifs is 4. The van der Waals surface area contributed by atoms with Crippen LogP contribution in [0.4, 0.5) is 22.7 Å². The summed E-state index contributed by atoms with van der Waals surface area (Å²) in [6.07, 6.45) is 7.48. The highest BCUT2D eigenvalue weighted by molar-refractivity contribution is 8.00. The predicted molar refractivity (Wildman–Crippen MR) is 171 cm³/mol. The first kappa shape index (κ1) is 26.7. The number of nitrogens with one attached hydrogen (secondary N) is 1. The normalized spacial score (nSPS) is 17.5. The van der Waals surface area contributed by atoms with Crippen molar-refractivity contribution in [1.82, 2.24) is 4.90 Å². The number of thioether (sulfide) groups is 1. The zero-order chi connectivity index (χ0) is 26.6. The summed E-state index contributed by atoms with van der Waals surface area (Å²) in [5.74, 6) is 0. The topological polar surface area (TPSA) is 18.5 Å². The van der Waals surface area contributed by atoms with Gasteiger partial charge >= 0.3 is 0 Å². The maximum absolute atomic E-state index is 3.42. The van der Waals surface area contributed by atoms with Gasteiger partial charge in [-0.2, -0.15) is 0 Å². The highest BCUT2D eigenvalue weighted by Crippen LogP contribution is 2.49. The molecular weight excluding hydrogens is 535 g/mol. The molecule has 3 aliphatic rings. The summed E-state index contributed by atoms with van der Waals surface area (Å²) in [5, 5.41) is 3.42. The minimum atomic E-state index is 0.725. The molecule has 0 amide bonds. The Labute approximate surface area is 245 Å². The first-order valence-corrected chi connectivity index (χ1v) is 16.6. The molecular formula is C33H35N3S3. The second-order valence-corrected chi connectivity index (χ2v) is 13.2. The molecule has 0 spiro atoms. The quantitative estimate of drug-likeness (QED) is 0.216. The maximum Gasteiger partial charge on any atom is 0.0564 e. The maximum atomic E-state index is 3.42. The van der Waals surface area contributed by atoms with Crippen LogP contribution in [-0.2, 0) is 0 Å². The molecule has 3 heterocycles. The van der Waals surface area contributed by atoms with Crippen molar-refractivity contribution in [3.05, 3.63) is 91.0 Å². The third-order valence-corrected chi connectivity index (χ3v) is 10.7. The van der Waals surface area contributed by atoms with E-state index in [9.17, 15) is 0 Å². The van der Waals surface area contributed by atoms with Crippen LogP contribution in [0.3, 0.4) is 0 Å². The van der Waals surface area contributed by atoms with Crippen LogP contribution in [0.15, 0.2) is 115 Å². The smallest absolute Gasteiger partial charge is 0.0564 e. The van der Waals surface area contributed by atoms with Crippen LogP contribution in [0.1, 0.15) is 25.7 Å². The summed E-state index contributed by atoms with van der Waals surface area (Å²) in [5.41, 5.74) is 5.16. The van der Waals surface area contributed by atoms with Gasteiger partial charge in [0, 0.05) is 37.1 Å². The molecule has 1 unspecified atom stereocenters. The number of piperidine rings is 1. The summed E-state index contributed by atoms with van der Waals surface area (Å²) in [6, 6.07) is 33.2. The van der Waals surface area contributed by atoms with E-state index < -0.39 is 0 Å². The van der Waals surface area contributed by atoms with Crippen molar-refractivity contribution in [3.63, 3.8) is 0 Å². The Kier molecular flexibility index (Phi) is 8.45. The van der Waals surface area contributed by atoms with Crippen LogP contribution < -0.4 is 10.2 Å². The summed E-state index contributed by atoms with van der Waals surface area (Å²) in [4.78, 5) is 11.8. The van der Waals surface area contributed by atoms with Crippen molar-refractivity contribution in [3.8, 4) is 0 Å². The van der Waals surface area contributed by atoms with Crippen molar-refractivity contribution in [1.29, 1.82) is 0 Å². The largest absolute Gasteiger partial charge is 0.354 e. The number of hydrogen-bond donors (Lipinski definition) is 1. The molecule has 1 atom stereocenters. The van der Waals surface area contributed by atoms with Crippen LogP contribution >= 0.6 is 35.3 Å². The molecule has 1 N–H and O–H groups in total. The molecule has 3 aliphatic heterocycles. The van der Waals surface area contributed by atoms with Crippen molar-refractivity contribution in [2.24, 2.45) is 0 Å². The molecule has 0 bridgehead atoms. The van der Waals surface area contributed by atoms with Crippen molar-refractivity contribution in [2.45, 2.75) is 56.2 Å². The van der Waals surface area contributed by atoms with E-state index in [4.69, 9.17) is 0 Å². The lowest BCUT2D eigenvalue weighted by atomic mass is 9.99. The van der Waals surface area contributed by atoms with Gasteiger partial charge in [0.15, 0.2) is 0 Å². The Morgan fingerprint density at radius 1 is 0.769 bits per heavy atom. The molecule has 0 aliphatic carbocycles. The van der Waals surface area contributed by atoms with Crippen LogP contribution in [0.25, 0.3) is 0 Å². The summed E-state index contributed by atoms with van der Waals surface area (Å²) < 4.78 is 0. The lowest BCUT2D eigenvalue weighted by Crippen LogP contribution is -2.38. The summed E-state index contributed by atoms with van der Waals surface area (Å²) in [6.45, 7) is 2.35. The van der Waals surface area contributed by atoms with E-state index >= 15 is 0 Å². The minimum Gasteiger partial charge on any atom is -0.354 e. The summed E-state index contributed by atoms with van der Waals surface area (Å²) >= 11 is 5.55. The highest BCUT2D eigenvalue weighted by Gasteiger charge is 2.26. The molecule has 0 saturated carbocycles. The third-order valence-electron chi connectivity index (χ3n) is 7.70. The van der Waals surface area contributed by atoms with Crippen LogP contribution in [0, 0.1) is 0 Å². The standard InChI is InChI=1S/C21H26N2S2.C12H9NS/c1-22-13-6-5-7-16(22)12-14-23-18-8-3-4-9-20(18)25-21-11-10-17(24-2)15-19(21)23;1-3-7-11-9(5-1)13-10-6-2-4-8-12(10)14-11/h3-4,8-11,15-16H,5-7,12-14H2,1-2H3;1-8,13H. The SMILES string of the molecule is CSc1ccc2c(c1)N(CCC1CCCCN1C)c1ccccc1S2.c1ccc2c(c1)Nc1ccccc1S2. The lowest BCUT2D eigenvalue weighted by molar-refractivity contribution is 0.178. The molecule has 3 nitrogen and oxygen atoms in total. The van der Waals surface area contributed by atoms with E-state index in [0.29, 0.717) is 0 Å². The van der Waals surface area contributed by atoms with Gasteiger partial charge in [-0.1, -0.05) is 66.3 Å². The van der Waals surface area contributed by atoms with E-state index in [2.05, 4.69) is 119 Å². The first-order valence-electron chi connectivity index (χ1n) is 13.8. The van der Waals surface area contributed by atoms with Gasteiger partial charge < -0.3 is 15.1 Å². The van der Waals surface area contributed by atoms with Gasteiger partial charge in [-0.25, -0.2) is 0 Å². The molecule has 39 heavy (non-hydrogen) atoms. The van der Waals surface area contributed by atoms with Gasteiger partial charge in [0.25, 0.3) is 0 Å². The molecule has 4 aromatic carbocycles. The van der Waals surface area contributed by atoms with Crippen molar-refractivity contribution >= 4 is 58.0 Å². The van der Waals surface area contributed by atoms with Gasteiger partial charge in [0.2, 0.25) is 0 Å². The fraction of sp³-hybridized carbons (Fsp3) is 0.273. The van der Waals surface area contributed by atoms with E-state index in [1.165, 1.54) is 79.5 Å². The third kappa shape index (κ3) is 5.99. The molecule has 1 fully saturated rings. The molecule has 200 valence electrons. The second-order valence-electron chi connectivity index (χ2n) is 10.2. The fourth-order valence-electron chi connectivity index (χ4n) is 5.55. The molecule has 4 aromatic rings. The number of nitrogens with zero attached hydrogens (tertiary/aromatic N) is 2. The Balaban J connectivity index is 0.000000166. The van der Waals surface area contributed by atoms with Gasteiger partial charge in [0.05, 0.1) is 22.7 Å². The zero-order valence-corrected chi connectivity index (χ0v) is 25.0. The van der Waals surface area contributed by atoms with Gasteiger partial charge in [-0.05, 0) is 93.7 Å². The highest BCUT2D eigenvalue weighted by atomic mass is 32.2. The lowest BCUT2D eigenvalue weighted by Gasteiger charge is -2.37. The average molecular weight is 570 g/mol. The number of likely N-dealkylation sites (tertiary alicyclic amines) is 1. The van der Waals surface area contributed by atoms with E-state index in [1.54, 1.807) is 0 Å². The Bertz CT molecular complexity index is 1350. The minimum absolute atomic E-state index is 0.725. The van der Waals surface area contributed by atoms with Crippen LogP contribution in [0.5, 0.6) is 0 Å². The Morgan fingerprint density at radius 3 is 2.13 bits per heavy atom. The van der Waals surface area contributed by atoms with Gasteiger partial charge in [-0.15, -0.1) is 11.8 Å². The van der Waals surface area contributed by atoms with Gasteiger partial charge in [-0.3, -0.25) is 0 Å². The van der Waals surface area contributed by atoms with E-state index in [-0.39, 0.29) is 0 Å². The summed E-state index contributed by atoms with van der Waals surface area (Å²) in [7, 11) is 2.30. The number of anilines is 4. The van der Waals surface area contributed by atoms with Gasteiger partial charge in [0.1, 0.15) is 0 Å². The van der Waals surface area contributed by atoms with Crippen LogP contribution in [-0.4, -0.2) is 37.3 Å². The number of rotatable bonds is 4. The number of benzene rings is 4. The first-order chi connectivity index (χ1) is 19.2. The molecule has 6 heteroatoms.